The fourth-order valence-electron chi connectivity index (χ4n) is 5.53. The van der Waals surface area contributed by atoms with Gasteiger partial charge < -0.3 is 14.5 Å². The minimum Gasteiger partial charge on any atom is -0.375 e. The highest BCUT2D eigenvalue weighted by Gasteiger charge is 2.42. The van der Waals surface area contributed by atoms with Crippen molar-refractivity contribution in [2.75, 3.05) is 57.0 Å². The number of sulfonamides is 1. The molecule has 3 aliphatic heterocycles. The molecule has 0 N–H and O–H groups in total. The summed E-state index contributed by atoms with van der Waals surface area (Å²) in [6.45, 7) is 9.28. The quantitative estimate of drug-likeness (QED) is 0.686. The highest BCUT2D eigenvalue weighted by molar-refractivity contribution is 7.88. The van der Waals surface area contributed by atoms with Gasteiger partial charge in [0.2, 0.25) is 15.9 Å². The van der Waals surface area contributed by atoms with Gasteiger partial charge in [-0.15, -0.1) is 0 Å². The molecular formula is C24H37N3O4S. The molecule has 0 saturated carbocycles. The maximum atomic E-state index is 13.1. The largest absolute Gasteiger partial charge is 0.375 e. The van der Waals surface area contributed by atoms with E-state index in [4.69, 9.17) is 4.74 Å². The number of hydrogen-bond acceptors (Lipinski definition) is 5. The molecule has 3 saturated heterocycles. The van der Waals surface area contributed by atoms with E-state index in [1.165, 1.54) is 23.1 Å². The van der Waals surface area contributed by atoms with Crippen LogP contribution in [-0.4, -0.2) is 81.3 Å². The number of rotatable bonds is 4. The maximum Gasteiger partial charge on any atom is 0.222 e. The Bertz CT molecular complexity index is 933. The number of aryl methyl sites for hydroxylation is 1. The summed E-state index contributed by atoms with van der Waals surface area (Å²) < 4.78 is 31.3. The van der Waals surface area contributed by atoms with Gasteiger partial charge in [0.25, 0.3) is 0 Å². The Labute approximate surface area is 192 Å². The van der Waals surface area contributed by atoms with E-state index in [9.17, 15) is 13.2 Å². The van der Waals surface area contributed by atoms with Crippen LogP contribution >= 0.6 is 0 Å². The molecule has 32 heavy (non-hydrogen) atoms. The lowest BCUT2D eigenvalue weighted by Crippen LogP contribution is -2.52. The number of carbonyl (C=O) groups excluding carboxylic acids is 1. The number of benzene rings is 1. The van der Waals surface area contributed by atoms with Crippen LogP contribution in [-0.2, 0) is 19.6 Å². The maximum absolute atomic E-state index is 13.1. The lowest BCUT2D eigenvalue weighted by molar-refractivity contribution is -0.140. The third-order valence-corrected chi connectivity index (χ3v) is 9.01. The Balaban J connectivity index is 1.29. The summed E-state index contributed by atoms with van der Waals surface area (Å²) >= 11 is 0. The second kappa shape index (κ2) is 9.31. The molecule has 3 heterocycles. The molecule has 8 heteroatoms. The van der Waals surface area contributed by atoms with Gasteiger partial charge in [0.15, 0.2) is 0 Å². The van der Waals surface area contributed by atoms with Crippen LogP contribution in [0.3, 0.4) is 0 Å². The van der Waals surface area contributed by atoms with E-state index in [2.05, 4.69) is 36.9 Å². The van der Waals surface area contributed by atoms with E-state index in [1.54, 1.807) is 4.31 Å². The third-order valence-electron chi connectivity index (χ3n) is 7.71. The summed E-state index contributed by atoms with van der Waals surface area (Å²) in [5, 5.41) is 0. The topological polar surface area (TPSA) is 70.2 Å². The van der Waals surface area contributed by atoms with Crippen molar-refractivity contribution in [1.82, 2.24) is 9.21 Å². The lowest BCUT2D eigenvalue weighted by Gasteiger charge is -2.46. The van der Waals surface area contributed by atoms with E-state index in [0.29, 0.717) is 32.0 Å². The van der Waals surface area contributed by atoms with Crippen molar-refractivity contribution in [3.05, 3.63) is 29.3 Å². The predicted octanol–water partition coefficient (Wildman–Crippen LogP) is 2.56. The summed E-state index contributed by atoms with van der Waals surface area (Å²) in [7, 11) is -3.15. The second-order valence-electron chi connectivity index (χ2n) is 9.84. The highest BCUT2D eigenvalue weighted by atomic mass is 32.2. The zero-order valence-corrected chi connectivity index (χ0v) is 20.5. The van der Waals surface area contributed by atoms with Gasteiger partial charge in [-0.25, -0.2) is 12.7 Å². The average molecular weight is 464 g/mol. The van der Waals surface area contributed by atoms with Crippen molar-refractivity contribution in [2.45, 2.75) is 51.6 Å². The van der Waals surface area contributed by atoms with E-state index < -0.39 is 10.0 Å². The molecule has 7 nitrogen and oxygen atoms in total. The van der Waals surface area contributed by atoms with Crippen LogP contribution in [0.4, 0.5) is 5.69 Å². The van der Waals surface area contributed by atoms with Gasteiger partial charge in [-0.2, -0.15) is 0 Å². The summed E-state index contributed by atoms with van der Waals surface area (Å²) in [5.41, 5.74) is 3.65. The monoisotopic (exact) mass is 463 g/mol. The van der Waals surface area contributed by atoms with Crippen LogP contribution in [0.25, 0.3) is 0 Å². The van der Waals surface area contributed by atoms with Crippen LogP contribution in [0.1, 0.15) is 43.2 Å². The Kier molecular flexibility index (Phi) is 6.84. The van der Waals surface area contributed by atoms with Crippen molar-refractivity contribution in [1.29, 1.82) is 0 Å². The highest BCUT2D eigenvalue weighted by Crippen LogP contribution is 2.39. The standard InChI is InChI=1S/C24H37N3O4S/c1-19-5-4-6-22(20(19)2)25-12-14-26(15-13-25)23(28)17-21-7-16-31-24(18-21)8-10-27(11-9-24)32(3,29)30/h4-6,21H,7-18H2,1-3H3. The van der Waals surface area contributed by atoms with Gasteiger partial charge in [0.1, 0.15) is 0 Å². The Morgan fingerprint density at radius 1 is 1.09 bits per heavy atom. The predicted molar refractivity (Wildman–Crippen MR) is 126 cm³/mol. The summed E-state index contributed by atoms with van der Waals surface area (Å²) in [4.78, 5) is 17.5. The number of nitrogens with zero attached hydrogens (tertiary/aromatic N) is 3. The molecule has 0 aromatic heterocycles. The third kappa shape index (κ3) is 5.13. The fourth-order valence-corrected chi connectivity index (χ4v) is 6.37. The normalized spacial score (nSPS) is 24.7. The van der Waals surface area contributed by atoms with Crippen LogP contribution < -0.4 is 4.90 Å². The van der Waals surface area contributed by atoms with Crippen molar-refractivity contribution in [3.63, 3.8) is 0 Å². The number of carbonyl (C=O) groups is 1. The number of ether oxygens (including phenoxy) is 1. The van der Waals surface area contributed by atoms with Gasteiger partial charge in [0, 0.05) is 58.0 Å². The van der Waals surface area contributed by atoms with Crippen LogP contribution in [0.5, 0.6) is 0 Å². The minimum absolute atomic E-state index is 0.251. The zero-order chi connectivity index (χ0) is 22.9. The fraction of sp³-hybridized carbons (Fsp3) is 0.708. The zero-order valence-electron chi connectivity index (χ0n) is 19.7. The molecule has 178 valence electrons. The first-order chi connectivity index (χ1) is 15.2. The lowest BCUT2D eigenvalue weighted by atomic mass is 9.78. The Morgan fingerprint density at radius 3 is 2.44 bits per heavy atom. The molecule has 0 radical (unpaired) electrons. The Hall–Kier alpha value is -1.64. The summed E-state index contributed by atoms with van der Waals surface area (Å²) in [5.74, 6) is 0.569. The van der Waals surface area contributed by atoms with Crippen molar-refractivity contribution >= 4 is 21.6 Å². The summed E-state index contributed by atoms with van der Waals surface area (Å²) in [6.07, 6.45) is 5.06. The molecule has 0 bridgehead atoms. The van der Waals surface area contributed by atoms with E-state index >= 15 is 0 Å². The molecule has 1 atom stereocenters. The van der Waals surface area contributed by atoms with E-state index in [-0.39, 0.29) is 11.5 Å². The van der Waals surface area contributed by atoms with Crippen LogP contribution in [0.15, 0.2) is 18.2 Å². The number of piperazine rings is 1. The summed E-state index contributed by atoms with van der Waals surface area (Å²) in [6, 6.07) is 6.43. The van der Waals surface area contributed by atoms with Gasteiger partial charge in [-0.05, 0) is 62.6 Å². The molecule has 1 aromatic carbocycles. The molecule has 0 aliphatic carbocycles. The SMILES string of the molecule is Cc1cccc(N2CCN(C(=O)CC3CCOC4(CCN(S(C)(=O)=O)CC4)C3)CC2)c1C. The van der Waals surface area contributed by atoms with Gasteiger partial charge >= 0.3 is 0 Å². The minimum atomic E-state index is -3.15. The van der Waals surface area contributed by atoms with E-state index in [1.807, 2.05) is 4.90 Å². The number of anilines is 1. The molecule has 3 fully saturated rings. The average Bonchev–Trinajstić information content (AvgIpc) is 2.75. The van der Waals surface area contributed by atoms with Gasteiger partial charge in [-0.3, -0.25) is 4.79 Å². The number of piperidine rings is 1. The molecular weight excluding hydrogens is 426 g/mol. The molecule has 1 spiro atoms. The van der Waals surface area contributed by atoms with Crippen LogP contribution in [0.2, 0.25) is 0 Å². The van der Waals surface area contributed by atoms with E-state index in [0.717, 1.165) is 51.9 Å². The molecule has 4 rings (SSSR count). The van der Waals surface area contributed by atoms with Gasteiger partial charge in [-0.1, -0.05) is 12.1 Å². The first-order valence-corrected chi connectivity index (χ1v) is 13.7. The smallest absolute Gasteiger partial charge is 0.222 e. The molecule has 1 amide bonds. The first-order valence-electron chi connectivity index (χ1n) is 11.8. The first kappa shape index (κ1) is 23.5. The van der Waals surface area contributed by atoms with Crippen molar-refractivity contribution in [3.8, 4) is 0 Å². The number of amides is 1. The van der Waals surface area contributed by atoms with Crippen molar-refractivity contribution < 1.29 is 17.9 Å². The number of hydrogen-bond donors (Lipinski definition) is 0. The molecule has 3 aliphatic rings. The molecule has 1 aromatic rings. The molecule has 1 unspecified atom stereocenters. The Morgan fingerprint density at radius 2 is 1.78 bits per heavy atom. The van der Waals surface area contributed by atoms with Gasteiger partial charge in [0.05, 0.1) is 11.9 Å². The van der Waals surface area contributed by atoms with Crippen LogP contribution in [0, 0.1) is 19.8 Å². The second-order valence-corrected chi connectivity index (χ2v) is 11.8. The van der Waals surface area contributed by atoms with Crippen molar-refractivity contribution in [2.24, 2.45) is 5.92 Å².